The zero-order valence-corrected chi connectivity index (χ0v) is 11.7. The Kier molecular flexibility index (Phi) is 4.07. The van der Waals surface area contributed by atoms with Crippen LogP contribution in [0.4, 0.5) is 0 Å². The predicted octanol–water partition coefficient (Wildman–Crippen LogP) is 3.14. The van der Waals surface area contributed by atoms with Crippen LogP contribution in [0, 0.1) is 18.8 Å². The van der Waals surface area contributed by atoms with E-state index < -0.39 is 10.1 Å². The first-order valence-electron chi connectivity index (χ1n) is 6.45. The van der Waals surface area contributed by atoms with E-state index in [2.05, 4.69) is 6.92 Å². The van der Waals surface area contributed by atoms with Crippen molar-refractivity contribution in [2.24, 2.45) is 11.8 Å². The van der Waals surface area contributed by atoms with Crippen LogP contribution in [-0.4, -0.2) is 15.0 Å². The quantitative estimate of drug-likeness (QED) is 0.771. The van der Waals surface area contributed by atoms with E-state index in [-0.39, 0.29) is 4.90 Å². The van der Waals surface area contributed by atoms with Gasteiger partial charge in [0.15, 0.2) is 0 Å². The van der Waals surface area contributed by atoms with Crippen molar-refractivity contribution >= 4 is 10.1 Å². The molecule has 0 saturated heterocycles. The molecule has 1 aromatic rings. The van der Waals surface area contributed by atoms with E-state index in [9.17, 15) is 8.42 Å². The highest BCUT2D eigenvalue weighted by molar-refractivity contribution is 7.86. The van der Waals surface area contributed by atoms with E-state index in [0.717, 1.165) is 5.56 Å². The molecule has 0 bridgehead atoms. The summed E-state index contributed by atoms with van der Waals surface area (Å²) >= 11 is 0. The number of benzene rings is 1. The molecular formula is C14H20O3S. The molecule has 100 valence electrons. The van der Waals surface area contributed by atoms with Crippen molar-refractivity contribution in [2.75, 3.05) is 6.61 Å². The standard InChI is InChI=1S/C14H20O3S/c1-11-6-8-14(9-7-11)18(15,16)17-10-12(2)13-4-3-5-13/h6-9,12-13H,3-5,10H2,1-2H3. The van der Waals surface area contributed by atoms with Crippen LogP contribution in [-0.2, 0) is 14.3 Å². The minimum Gasteiger partial charge on any atom is -0.266 e. The maximum atomic E-state index is 12.0. The molecule has 1 atom stereocenters. The summed E-state index contributed by atoms with van der Waals surface area (Å²) in [5.41, 5.74) is 1.04. The van der Waals surface area contributed by atoms with Crippen LogP contribution in [0.3, 0.4) is 0 Å². The molecule has 2 rings (SSSR count). The lowest BCUT2D eigenvalue weighted by molar-refractivity contribution is 0.153. The van der Waals surface area contributed by atoms with Crippen molar-refractivity contribution in [3.8, 4) is 0 Å². The van der Waals surface area contributed by atoms with Crippen LogP contribution in [0.5, 0.6) is 0 Å². The topological polar surface area (TPSA) is 43.4 Å². The SMILES string of the molecule is Cc1ccc(S(=O)(=O)OCC(C)C2CCC2)cc1. The summed E-state index contributed by atoms with van der Waals surface area (Å²) in [6.07, 6.45) is 3.67. The highest BCUT2D eigenvalue weighted by atomic mass is 32.2. The van der Waals surface area contributed by atoms with Gasteiger partial charge in [0.05, 0.1) is 11.5 Å². The molecule has 1 fully saturated rings. The van der Waals surface area contributed by atoms with Crippen LogP contribution in [0.25, 0.3) is 0 Å². The van der Waals surface area contributed by atoms with Crippen molar-refractivity contribution in [3.63, 3.8) is 0 Å². The first-order chi connectivity index (χ1) is 8.49. The lowest BCUT2D eigenvalue weighted by Gasteiger charge is -2.30. The van der Waals surface area contributed by atoms with Crippen LogP contribution in [0.1, 0.15) is 31.7 Å². The molecule has 0 spiro atoms. The molecule has 1 aliphatic carbocycles. The van der Waals surface area contributed by atoms with Gasteiger partial charge in [-0.2, -0.15) is 8.42 Å². The Labute approximate surface area is 109 Å². The van der Waals surface area contributed by atoms with Crippen LogP contribution >= 0.6 is 0 Å². The van der Waals surface area contributed by atoms with Crippen molar-refractivity contribution < 1.29 is 12.6 Å². The monoisotopic (exact) mass is 268 g/mol. The zero-order valence-electron chi connectivity index (χ0n) is 10.9. The third kappa shape index (κ3) is 3.12. The van der Waals surface area contributed by atoms with Gasteiger partial charge >= 0.3 is 0 Å². The third-order valence-corrected chi connectivity index (χ3v) is 5.05. The molecule has 1 unspecified atom stereocenters. The summed E-state index contributed by atoms with van der Waals surface area (Å²) in [7, 11) is -3.59. The molecule has 1 saturated carbocycles. The minimum atomic E-state index is -3.59. The van der Waals surface area contributed by atoms with E-state index in [0.29, 0.717) is 18.4 Å². The van der Waals surface area contributed by atoms with Gasteiger partial charge in [-0.1, -0.05) is 43.9 Å². The summed E-state index contributed by atoms with van der Waals surface area (Å²) in [5.74, 6) is 0.956. The minimum absolute atomic E-state index is 0.244. The molecule has 0 aromatic heterocycles. The highest BCUT2D eigenvalue weighted by Gasteiger charge is 2.26. The molecule has 0 amide bonds. The van der Waals surface area contributed by atoms with Gasteiger partial charge in [-0.3, -0.25) is 4.18 Å². The van der Waals surface area contributed by atoms with Gasteiger partial charge in [0.1, 0.15) is 0 Å². The molecule has 0 heterocycles. The normalized spacial score (nSPS) is 18.3. The molecular weight excluding hydrogens is 248 g/mol. The second-order valence-corrected chi connectivity index (χ2v) is 6.84. The Balaban J connectivity index is 1.96. The Morgan fingerprint density at radius 3 is 2.39 bits per heavy atom. The summed E-state index contributed by atoms with van der Waals surface area (Å²) in [6.45, 7) is 4.28. The number of aryl methyl sites for hydroxylation is 1. The molecule has 18 heavy (non-hydrogen) atoms. The molecule has 3 nitrogen and oxygen atoms in total. The molecule has 0 N–H and O–H groups in total. The largest absolute Gasteiger partial charge is 0.296 e. The lowest BCUT2D eigenvalue weighted by Crippen LogP contribution is -2.24. The average Bonchev–Trinajstić information content (AvgIpc) is 2.25. The summed E-state index contributed by atoms with van der Waals surface area (Å²) in [6, 6.07) is 6.76. The molecule has 4 heteroatoms. The van der Waals surface area contributed by atoms with Crippen LogP contribution in [0.2, 0.25) is 0 Å². The fraction of sp³-hybridized carbons (Fsp3) is 0.571. The Bertz CT molecular complexity index is 486. The van der Waals surface area contributed by atoms with E-state index in [1.807, 2.05) is 6.92 Å². The van der Waals surface area contributed by atoms with Gasteiger partial charge in [0, 0.05) is 0 Å². The maximum Gasteiger partial charge on any atom is 0.296 e. The number of hydrogen-bond donors (Lipinski definition) is 0. The number of rotatable bonds is 5. The van der Waals surface area contributed by atoms with Gasteiger partial charge in [0.25, 0.3) is 10.1 Å². The summed E-state index contributed by atoms with van der Waals surface area (Å²) < 4.78 is 29.1. The fourth-order valence-electron chi connectivity index (χ4n) is 2.11. The van der Waals surface area contributed by atoms with Crippen molar-refractivity contribution in [1.82, 2.24) is 0 Å². The van der Waals surface area contributed by atoms with E-state index >= 15 is 0 Å². The predicted molar refractivity (Wildman–Crippen MR) is 70.8 cm³/mol. The average molecular weight is 268 g/mol. The van der Waals surface area contributed by atoms with Crippen LogP contribution < -0.4 is 0 Å². The zero-order chi connectivity index (χ0) is 13.2. The van der Waals surface area contributed by atoms with Crippen molar-refractivity contribution in [3.05, 3.63) is 29.8 Å². The molecule has 1 aliphatic rings. The summed E-state index contributed by atoms with van der Waals surface area (Å²) in [5, 5.41) is 0. The van der Waals surface area contributed by atoms with Gasteiger partial charge in [0.2, 0.25) is 0 Å². The molecule has 1 aromatic carbocycles. The first-order valence-corrected chi connectivity index (χ1v) is 7.86. The van der Waals surface area contributed by atoms with Crippen LogP contribution in [0.15, 0.2) is 29.2 Å². The Morgan fingerprint density at radius 1 is 1.28 bits per heavy atom. The fourth-order valence-corrected chi connectivity index (χ4v) is 3.11. The second kappa shape index (κ2) is 5.41. The number of hydrogen-bond acceptors (Lipinski definition) is 3. The smallest absolute Gasteiger partial charge is 0.266 e. The second-order valence-electron chi connectivity index (χ2n) is 5.22. The first kappa shape index (κ1) is 13.6. The van der Waals surface area contributed by atoms with Gasteiger partial charge in [-0.15, -0.1) is 0 Å². The Morgan fingerprint density at radius 2 is 1.89 bits per heavy atom. The molecule has 0 radical (unpaired) electrons. The highest BCUT2D eigenvalue weighted by Crippen LogP contribution is 2.33. The Hall–Kier alpha value is -0.870. The van der Waals surface area contributed by atoms with E-state index in [1.165, 1.54) is 19.3 Å². The van der Waals surface area contributed by atoms with Gasteiger partial charge in [-0.25, -0.2) is 0 Å². The third-order valence-electron chi connectivity index (χ3n) is 3.75. The van der Waals surface area contributed by atoms with E-state index in [1.54, 1.807) is 24.3 Å². The van der Waals surface area contributed by atoms with Gasteiger partial charge < -0.3 is 0 Å². The summed E-state index contributed by atoms with van der Waals surface area (Å²) in [4.78, 5) is 0.244. The molecule has 0 aliphatic heterocycles. The van der Waals surface area contributed by atoms with Crippen molar-refractivity contribution in [1.29, 1.82) is 0 Å². The maximum absolute atomic E-state index is 12.0. The van der Waals surface area contributed by atoms with E-state index in [4.69, 9.17) is 4.18 Å². The lowest BCUT2D eigenvalue weighted by atomic mass is 9.77. The van der Waals surface area contributed by atoms with Crippen molar-refractivity contribution in [2.45, 2.75) is 38.0 Å². The van der Waals surface area contributed by atoms with Gasteiger partial charge in [-0.05, 0) is 30.9 Å².